The van der Waals surface area contributed by atoms with Gasteiger partial charge in [-0.05, 0) is 84.2 Å². The molecule has 3 heterocycles. The molecule has 3 aromatic carbocycles. The van der Waals surface area contributed by atoms with Crippen LogP contribution in [0.2, 0.25) is 0 Å². The monoisotopic (exact) mass is 808 g/mol. The van der Waals surface area contributed by atoms with Gasteiger partial charge in [0.2, 0.25) is 5.91 Å². The molecule has 3 aromatic heterocycles. The summed E-state index contributed by atoms with van der Waals surface area (Å²) in [5.74, 6) is 8.35. The number of rotatable bonds is 22. The molecule has 6 aromatic rings. The number of aromatic nitrogens is 3. The molecule has 0 aliphatic carbocycles. The highest BCUT2D eigenvalue weighted by Crippen LogP contribution is 2.35. The first kappa shape index (κ1) is 41.9. The molecule has 6 rings (SSSR count). The molecule has 0 atom stereocenters. The fourth-order valence-corrected chi connectivity index (χ4v) is 8.34. The molecule has 0 aliphatic heterocycles. The van der Waals surface area contributed by atoms with E-state index in [-0.39, 0.29) is 5.91 Å². The van der Waals surface area contributed by atoms with Crippen LogP contribution in [0.1, 0.15) is 48.9 Å². The molecular weight excluding hydrogens is 753 g/mol. The second kappa shape index (κ2) is 20.6. The Balaban J connectivity index is 0.886. The molecule has 12 nitrogen and oxygen atoms in total. The van der Waals surface area contributed by atoms with Crippen LogP contribution < -0.4 is 38.3 Å². The van der Waals surface area contributed by atoms with E-state index in [4.69, 9.17) is 22.0 Å². The van der Waals surface area contributed by atoms with Crippen LogP contribution in [0.4, 0.5) is 17.3 Å². The van der Waals surface area contributed by atoms with Crippen LogP contribution in [0, 0.1) is 6.92 Å². The third-order valence-corrected chi connectivity index (χ3v) is 11.8. The second-order valence-electron chi connectivity index (χ2n) is 14.1. The number of amides is 1. The minimum absolute atomic E-state index is 0.00151. The largest absolute Gasteiger partial charge is 0.393 e. The number of thioether (sulfide) groups is 1. The van der Waals surface area contributed by atoms with Crippen molar-refractivity contribution in [3.63, 3.8) is 0 Å². The number of anilines is 3. The Hall–Kier alpha value is -4.70. The van der Waals surface area contributed by atoms with Crippen LogP contribution >= 0.6 is 23.1 Å². The standard InChI is InChI=1S/C43H56N10O2S2/c1-4-22-56-43-50-41(49-17-16-44)40(45)42(51-43)53(46)27-31-8-6-30(7-9-31)11-15-39(54)48-19-21-55-20-18-47-26-32-10-14-36-35(24-32)34-13-12-33(25-37(34)52(36)5-2)38-23-29(3)28-57-38/h6-10,12-14,23-25,28,47H,4-5,11,15-22,26-27,44-46H2,1-3H3,(H,48,54)(H,49,50,51). The molecule has 302 valence electrons. The number of hydrogen-bond acceptors (Lipinski definition) is 12. The number of nitrogens with zero attached hydrogens (tertiary/aromatic N) is 4. The first-order valence-corrected chi connectivity index (χ1v) is 21.6. The summed E-state index contributed by atoms with van der Waals surface area (Å²) in [6, 6.07) is 23.9. The number of carbonyl (C=O) groups excluding carboxylic acids is 1. The third kappa shape index (κ3) is 11.0. The maximum atomic E-state index is 12.5. The van der Waals surface area contributed by atoms with E-state index in [1.807, 2.05) is 24.3 Å². The number of ether oxygens (including phenoxy) is 1. The first-order chi connectivity index (χ1) is 27.8. The number of thiophene rings is 1. The number of benzene rings is 3. The summed E-state index contributed by atoms with van der Waals surface area (Å²) < 4.78 is 8.20. The molecule has 0 fully saturated rings. The summed E-state index contributed by atoms with van der Waals surface area (Å²) in [7, 11) is 0. The molecule has 0 spiro atoms. The topological polar surface area (TPSA) is 174 Å². The van der Waals surface area contributed by atoms with Crippen LogP contribution in [0.25, 0.3) is 32.2 Å². The highest BCUT2D eigenvalue weighted by Gasteiger charge is 2.17. The number of aryl methyl sites for hydroxylation is 3. The van der Waals surface area contributed by atoms with Crippen molar-refractivity contribution in [1.82, 2.24) is 25.2 Å². The molecule has 0 saturated carbocycles. The van der Waals surface area contributed by atoms with Gasteiger partial charge in [0.1, 0.15) is 5.69 Å². The molecule has 0 radical (unpaired) electrons. The predicted octanol–water partition coefficient (Wildman–Crippen LogP) is 6.83. The normalized spacial score (nSPS) is 11.5. The van der Waals surface area contributed by atoms with E-state index >= 15 is 0 Å². The van der Waals surface area contributed by atoms with E-state index in [0.29, 0.717) is 74.7 Å². The van der Waals surface area contributed by atoms with Crippen molar-refractivity contribution in [2.24, 2.45) is 11.6 Å². The van der Waals surface area contributed by atoms with E-state index in [0.717, 1.165) is 42.9 Å². The Morgan fingerprint density at radius 2 is 1.72 bits per heavy atom. The van der Waals surface area contributed by atoms with Crippen LogP contribution in [0.3, 0.4) is 0 Å². The Morgan fingerprint density at radius 1 is 0.930 bits per heavy atom. The number of nitrogens with one attached hydrogen (secondary N) is 3. The molecule has 0 unspecified atom stereocenters. The van der Waals surface area contributed by atoms with Crippen molar-refractivity contribution in [3.8, 4) is 10.4 Å². The molecule has 57 heavy (non-hydrogen) atoms. The average molecular weight is 809 g/mol. The minimum Gasteiger partial charge on any atom is -0.393 e. The lowest BCUT2D eigenvalue weighted by atomic mass is 10.1. The van der Waals surface area contributed by atoms with Gasteiger partial charge in [-0.1, -0.05) is 61.2 Å². The average Bonchev–Trinajstić information content (AvgIpc) is 3.80. The zero-order valence-electron chi connectivity index (χ0n) is 33.3. The molecular formula is C43H56N10O2S2. The molecule has 0 aliphatic rings. The summed E-state index contributed by atoms with van der Waals surface area (Å²) in [6.45, 7) is 11.8. The lowest BCUT2D eigenvalue weighted by Crippen LogP contribution is -2.32. The fraction of sp³-hybridized carbons (Fsp3) is 0.372. The van der Waals surface area contributed by atoms with Crippen molar-refractivity contribution in [3.05, 3.63) is 94.4 Å². The van der Waals surface area contributed by atoms with E-state index in [9.17, 15) is 4.79 Å². The molecule has 0 saturated heterocycles. The van der Waals surface area contributed by atoms with Crippen LogP contribution in [0.5, 0.6) is 0 Å². The fourth-order valence-electron chi connectivity index (χ4n) is 6.74. The van der Waals surface area contributed by atoms with Gasteiger partial charge in [-0.25, -0.2) is 15.8 Å². The van der Waals surface area contributed by atoms with Crippen LogP contribution in [-0.4, -0.2) is 65.6 Å². The van der Waals surface area contributed by atoms with Gasteiger partial charge in [0, 0.05) is 78.1 Å². The van der Waals surface area contributed by atoms with Gasteiger partial charge in [0.05, 0.1) is 19.8 Å². The smallest absolute Gasteiger partial charge is 0.220 e. The van der Waals surface area contributed by atoms with E-state index < -0.39 is 0 Å². The molecule has 14 heteroatoms. The van der Waals surface area contributed by atoms with Gasteiger partial charge in [-0.3, -0.25) is 9.80 Å². The molecule has 9 N–H and O–H groups in total. The summed E-state index contributed by atoms with van der Waals surface area (Å²) in [6.07, 6.45) is 2.03. The van der Waals surface area contributed by atoms with E-state index in [1.54, 1.807) is 23.1 Å². The zero-order chi connectivity index (χ0) is 40.1. The van der Waals surface area contributed by atoms with Gasteiger partial charge in [-0.2, -0.15) is 0 Å². The Bertz CT molecular complexity index is 2240. The number of nitrogen functional groups attached to an aromatic ring is 1. The maximum absolute atomic E-state index is 12.5. The van der Waals surface area contributed by atoms with Crippen molar-refractivity contribution in [2.45, 2.75) is 64.8 Å². The number of nitrogens with two attached hydrogens (primary N) is 3. The Kier molecular flexibility index (Phi) is 15.2. The Labute approximate surface area is 343 Å². The number of hydrazine groups is 1. The van der Waals surface area contributed by atoms with Crippen molar-refractivity contribution in [2.75, 3.05) is 61.2 Å². The summed E-state index contributed by atoms with van der Waals surface area (Å²) in [5.41, 5.74) is 20.9. The first-order valence-electron chi connectivity index (χ1n) is 19.8. The van der Waals surface area contributed by atoms with E-state index in [1.165, 1.54) is 48.4 Å². The van der Waals surface area contributed by atoms with Crippen molar-refractivity contribution < 1.29 is 9.53 Å². The van der Waals surface area contributed by atoms with Gasteiger partial charge < -0.3 is 36.7 Å². The maximum Gasteiger partial charge on any atom is 0.220 e. The Morgan fingerprint density at radius 3 is 2.47 bits per heavy atom. The zero-order valence-corrected chi connectivity index (χ0v) is 34.9. The molecule has 1 amide bonds. The lowest BCUT2D eigenvalue weighted by molar-refractivity contribution is -0.121. The quantitative estimate of drug-likeness (QED) is 0.0140. The number of fused-ring (bicyclic) bond motifs is 3. The lowest BCUT2D eigenvalue weighted by Gasteiger charge is -2.21. The van der Waals surface area contributed by atoms with Gasteiger partial charge >= 0.3 is 0 Å². The minimum atomic E-state index is 0.00151. The van der Waals surface area contributed by atoms with Crippen LogP contribution in [0.15, 0.2) is 77.3 Å². The highest BCUT2D eigenvalue weighted by molar-refractivity contribution is 7.99. The summed E-state index contributed by atoms with van der Waals surface area (Å²) in [5, 5.41) is 16.6. The van der Waals surface area contributed by atoms with Gasteiger partial charge in [-0.15, -0.1) is 11.3 Å². The van der Waals surface area contributed by atoms with Gasteiger partial charge in [0.25, 0.3) is 0 Å². The summed E-state index contributed by atoms with van der Waals surface area (Å²) in [4.78, 5) is 23.0. The van der Waals surface area contributed by atoms with Gasteiger partial charge in [0.15, 0.2) is 16.8 Å². The van der Waals surface area contributed by atoms with Crippen molar-refractivity contribution >= 4 is 68.1 Å². The second-order valence-corrected chi connectivity index (χ2v) is 16.0. The predicted molar refractivity (Wildman–Crippen MR) is 239 cm³/mol. The van der Waals surface area contributed by atoms with Crippen molar-refractivity contribution in [1.29, 1.82) is 0 Å². The summed E-state index contributed by atoms with van der Waals surface area (Å²) >= 11 is 3.36. The van der Waals surface area contributed by atoms with E-state index in [2.05, 4.69) is 99.1 Å². The highest BCUT2D eigenvalue weighted by atomic mass is 32.2. The molecule has 0 bridgehead atoms. The third-order valence-electron chi connectivity index (χ3n) is 9.65. The number of hydrogen-bond donors (Lipinski definition) is 6. The van der Waals surface area contributed by atoms with Crippen LogP contribution in [-0.2, 0) is 35.6 Å². The number of carbonyl (C=O) groups is 1. The SMILES string of the molecule is CCCSc1nc(NCCN)c(N)c(N(N)Cc2ccc(CCC(=O)NCCOCCNCc3ccc4c(c3)c3ccc(-c5cc(C)cs5)cc3n4CC)cc2)n1.